The van der Waals surface area contributed by atoms with Crippen LogP contribution in [0.4, 0.5) is 0 Å². The molecule has 3 saturated carbocycles. The maximum absolute atomic E-state index is 13.6. The minimum absolute atomic E-state index is 0.0222. The summed E-state index contributed by atoms with van der Waals surface area (Å²) < 4.78 is 15.9. The molecule has 35 heavy (non-hydrogen) atoms. The lowest BCUT2D eigenvalue weighted by molar-refractivity contribution is -0.201. The molecule has 8 nitrogen and oxygen atoms in total. The van der Waals surface area contributed by atoms with Gasteiger partial charge in [-0.3, -0.25) is 14.4 Å². The van der Waals surface area contributed by atoms with Crippen molar-refractivity contribution in [3.8, 4) is 0 Å². The molecule has 3 fully saturated rings. The van der Waals surface area contributed by atoms with Crippen LogP contribution in [-0.2, 0) is 33.4 Å². The number of rotatable bonds is 7. The summed E-state index contributed by atoms with van der Waals surface area (Å²) in [6.45, 7) is 4.91. The van der Waals surface area contributed by atoms with E-state index in [1.165, 1.54) is 7.11 Å². The van der Waals surface area contributed by atoms with Gasteiger partial charge in [0.25, 0.3) is 0 Å². The van der Waals surface area contributed by atoms with Gasteiger partial charge in [0.2, 0.25) is 5.78 Å². The summed E-state index contributed by atoms with van der Waals surface area (Å²) >= 11 is 0. The van der Waals surface area contributed by atoms with Crippen molar-refractivity contribution >= 4 is 23.5 Å². The highest BCUT2D eigenvalue weighted by atomic mass is 16.6. The summed E-state index contributed by atoms with van der Waals surface area (Å²) in [5, 5.41) is 11.6. The predicted octanol–water partition coefficient (Wildman–Crippen LogP) is 2.72. The first kappa shape index (κ1) is 25.8. The van der Waals surface area contributed by atoms with E-state index >= 15 is 0 Å². The van der Waals surface area contributed by atoms with Gasteiger partial charge >= 0.3 is 11.9 Å². The maximum Gasteiger partial charge on any atom is 0.332 e. The molecular weight excluding hydrogens is 452 g/mol. The van der Waals surface area contributed by atoms with E-state index in [0.29, 0.717) is 12.8 Å². The number of ether oxygens (including phenoxy) is 3. The van der Waals surface area contributed by atoms with Crippen molar-refractivity contribution in [2.45, 2.75) is 71.0 Å². The van der Waals surface area contributed by atoms with Crippen molar-refractivity contribution < 1.29 is 38.5 Å². The largest absolute Gasteiger partial charge is 0.456 e. The third kappa shape index (κ3) is 3.99. The van der Waals surface area contributed by atoms with Gasteiger partial charge in [-0.1, -0.05) is 32.4 Å². The lowest BCUT2D eigenvalue weighted by Gasteiger charge is -2.59. The fourth-order valence-electron chi connectivity index (χ4n) is 7.68. The molecular formula is C27H36O8. The number of esters is 2. The Labute approximate surface area is 206 Å². The lowest BCUT2D eigenvalue weighted by atomic mass is 9.46. The summed E-state index contributed by atoms with van der Waals surface area (Å²) in [5.74, 6) is -1.61. The van der Waals surface area contributed by atoms with Crippen LogP contribution in [0, 0.1) is 28.6 Å². The summed E-state index contributed by atoms with van der Waals surface area (Å²) in [4.78, 5) is 50.1. The smallest absolute Gasteiger partial charge is 0.332 e. The lowest BCUT2D eigenvalue weighted by Crippen LogP contribution is -2.63. The van der Waals surface area contributed by atoms with Crippen LogP contribution in [0.5, 0.6) is 0 Å². The second-order valence-electron chi connectivity index (χ2n) is 10.9. The van der Waals surface area contributed by atoms with E-state index in [0.717, 1.165) is 18.4 Å². The van der Waals surface area contributed by atoms with Gasteiger partial charge in [-0.15, -0.1) is 0 Å². The van der Waals surface area contributed by atoms with Crippen LogP contribution in [0.2, 0.25) is 0 Å². The summed E-state index contributed by atoms with van der Waals surface area (Å²) in [7, 11) is 1.36. The number of carbonyl (C=O) groups excluding carboxylic acids is 4. The molecule has 8 heteroatoms. The Hall–Kier alpha value is -2.32. The third-order valence-electron chi connectivity index (χ3n) is 9.27. The summed E-state index contributed by atoms with van der Waals surface area (Å²) in [6, 6.07) is 0. The Morgan fingerprint density at radius 2 is 1.89 bits per heavy atom. The highest BCUT2D eigenvalue weighted by Gasteiger charge is 2.70. The van der Waals surface area contributed by atoms with Crippen LogP contribution in [-0.4, -0.2) is 60.6 Å². The Bertz CT molecular complexity index is 982. The summed E-state index contributed by atoms with van der Waals surface area (Å²) in [6.07, 6.45) is 7.39. The molecule has 0 saturated heterocycles. The van der Waals surface area contributed by atoms with Crippen LogP contribution in [0.15, 0.2) is 23.8 Å². The monoisotopic (exact) mass is 488 g/mol. The minimum Gasteiger partial charge on any atom is -0.456 e. The van der Waals surface area contributed by atoms with E-state index in [4.69, 9.17) is 14.2 Å². The van der Waals surface area contributed by atoms with Crippen molar-refractivity contribution in [1.82, 2.24) is 0 Å². The highest BCUT2D eigenvalue weighted by molar-refractivity contribution is 6.01. The molecule has 0 aliphatic heterocycles. The predicted molar refractivity (Wildman–Crippen MR) is 125 cm³/mol. The van der Waals surface area contributed by atoms with E-state index < -0.39 is 46.9 Å². The topological polar surface area (TPSA) is 116 Å². The van der Waals surface area contributed by atoms with Crippen LogP contribution in [0.3, 0.4) is 0 Å². The number of fused-ring (bicyclic) bond motifs is 5. The molecule has 0 aromatic carbocycles. The fraction of sp³-hybridized carbons (Fsp3) is 0.704. The van der Waals surface area contributed by atoms with Gasteiger partial charge in [-0.2, -0.15) is 0 Å². The molecule has 7 atom stereocenters. The Morgan fingerprint density at radius 3 is 2.57 bits per heavy atom. The minimum atomic E-state index is -1.47. The molecule has 0 amide bonds. The number of hydrogen-bond donors (Lipinski definition) is 1. The Morgan fingerprint density at radius 1 is 1.14 bits per heavy atom. The number of hydrogen-bond acceptors (Lipinski definition) is 8. The molecule has 0 heterocycles. The molecule has 4 aliphatic rings. The second-order valence-corrected chi connectivity index (χ2v) is 10.9. The molecule has 1 N–H and O–H groups in total. The standard InChI is InChI=1S/C27H36O8/c1-5-22(31)35-27(21(30)14-34-23(32)15-33-4)11-9-19-18-7-6-16-12-17(28)8-10-25(16,2)24(18)20(29)13-26(19,27)3/h8,10,12,18-20,24,29H,5-7,9,11,13-15H2,1-4H3/t18-,19-,20?,24+,25-,26-,27-/m0/s1. The number of carbonyl (C=O) groups is 4. The first-order chi connectivity index (χ1) is 16.5. The van der Waals surface area contributed by atoms with Gasteiger partial charge in [0, 0.05) is 30.3 Å². The number of allylic oxidation sites excluding steroid dienone is 4. The summed E-state index contributed by atoms with van der Waals surface area (Å²) in [5.41, 5.74) is -1.66. The van der Waals surface area contributed by atoms with E-state index in [1.54, 1.807) is 19.1 Å². The first-order valence-corrected chi connectivity index (χ1v) is 12.5. The molecule has 0 aromatic rings. The fourth-order valence-corrected chi connectivity index (χ4v) is 7.68. The van der Waals surface area contributed by atoms with Crippen molar-refractivity contribution in [3.63, 3.8) is 0 Å². The molecule has 0 aromatic heterocycles. The molecule has 0 bridgehead atoms. The number of Topliss-reactive ketones (excluding diaryl/α,β-unsaturated/α-hetero) is 1. The maximum atomic E-state index is 13.6. The number of methoxy groups -OCH3 is 1. The molecule has 0 radical (unpaired) electrons. The number of ketones is 2. The third-order valence-corrected chi connectivity index (χ3v) is 9.27. The van der Waals surface area contributed by atoms with Gasteiger partial charge in [0.1, 0.15) is 6.61 Å². The average Bonchev–Trinajstić information content (AvgIpc) is 3.10. The zero-order chi connectivity index (χ0) is 25.6. The SMILES string of the molecule is CCC(=O)O[C@]1(C(=O)COC(=O)COC)CC[C@H]2[C@@H]3CCC4=CC(=O)C=C[C@]4(C)[C@H]3C(O)C[C@@]21C. The molecule has 4 aliphatic carbocycles. The second kappa shape index (κ2) is 9.28. The molecule has 4 rings (SSSR count). The number of aliphatic hydroxyl groups is 1. The molecule has 1 unspecified atom stereocenters. The van der Waals surface area contributed by atoms with E-state index in [1.807, 2.05) is 13.0 Å². The van der Waals surface area contributed by atoms with Crippen molar-refractivity contribution in [2.24, 2.45) is 28.6 Å². The zero-order valence-electron chi connectivity index (χ0n) is 21.0. The Kier molecular flexibility index (Phi) is 6.83. The van der Waals surface area contributed by atoms with E-state index in [9.17, 15) is 24.3 Å². The molecule has 192 valence electrons. The van der Waals surface area contributed by atoms with Gasteiger partial charge in [-0.25, -0.2) is 4.79 Å². The van der Waals surface area contributed by atoms with Crippen molar-refractivity contribution in [1.29, 1.82) is 0 Å². The van der Waals surface area contributed by atoms with Crippen LogP contribution in [0.1, 0.15) is 59.3 Å². The van der Waals surface area contributed by atoms with Crippen LogP contribution < -0.4 is 0 Å². The van der Waals surface area contributed by atoms with Gasteiger partial charge in [-0.05, 0) is 56.1 Å². The highest BCUT2D eigenvalue weighted by Crippen LogP contribution is 2.67. The van der Waals surface area contributed by atoms with Crippen molar-refractivity contribution in [2.75, 3.05) is 20.3 Å². The molecule has 0 spiro atoms. The van der Waals surface area contributed by atoms with Gasteiger partial charge in [0.05, 0.1) is 6.10 Å². The first-order valence-electron chi connectivity index (χ1n) is 12.5. The Balaban J connectivity index is 1.68. The van der Waals surface area contributed by atoms with Crippen LogP contribution in [0.25, 0.3) is 0 Å². The van der Waals surface area contributed by atoms with Gasteiger partial charge in [0.15, 0.2) is 18.0 Å². The van der Waals surface area contributed by atoms with Crippen molar-refractivity contribution in [3.05, 3.63) is 23.8 Å². The van der Waals surface area contributed by atoms with E-state index in [2.05, 4.69) is 6.92 Å². The van der Waals surface area contributed by atoms with Gasteiger partial charge < -0.3 is 19.3 Å². The van der Waals surface area contributed by atoms with E-state index in [-0.39, 0.29) is 43.0 Å². The number of aliphatic hydroxyl groups excluding tert-OH is 1. The normalized spacial score (nSPS) is 39.7. The zero-order valence-corrected chi connectivity index (χ0v) is 21.0. The quantitative estimate of drug-likeness (QED) is 0.544. The average molecular weight is 489 g/mol. The van der Waals surface area contributed by atoms with Crippen LogP contribution >= 0.6 is 0 Å².